The van der Waals surface area contributed by atoms with Crippen LogP contribution < -0.4 is 4.72 Å². The van der Waals surface area contributed by atoms with Gasteiger partial charge in [0.2, 0.25) is 0 Å². The van der Waals surface area contributed by atoms with Crippen molar-refractivity contribution in [3.8, 4) is 0 Å². The average Bonchev–Trinajstić information content (AvgIpc) is 2.85. The molecule has 1 aromatic rings. The van der Waals surface area contributed by atoms with E-state index in [1.165, 1.54) is 0 Å². The number of hydrogen-bond acceptors (Lipinski definition) is 2. The van der Waals surface area contributed by atoms with Gasteiger partial charge >= 0.3 is 6.08 Å². The van der Waals surface area contributed by atoms with Crippen molar-refractivity contribution in [2.75, 3.05) is 5.75 Å². The van der Waals surface area contributed by atoms with E-state index in [9.17, 15) is 13.2 Å². The molecular formula is C12H10ClF3N2S. The molecule has 0 bridgehead atoms. The summed E-state index contributed by atoms with van der Waals surface area (Å²) in [6, 6.07) is 7.07. The molecule has 1 aliphatic rings. The van der Waals surface area contributed by atoms with Gasteiger partial charge in [0.05, 0.1) is 5.49 Å². The number of benzene rings is 1. The van der Waals surface area contributed by atoms with Crippen LogP contribution in [0, 0.1) is 0 Å². The molecule has 0 saturated carbocycles. The third-order valence-corrected chi connectivity index (χ3v) is 4.11. The lowest BCUT2D eigenvalue weighted by molar-refractivity contribution is 0.373. The van der Waals surface area contributed by atoms with Crippen molar-refractivity contribution in [3.63, 3.8) is 0 Å². The molecule has 19 heavy (non-hydrogen) atoms. The van der Waals surface area contributed by atoms with Crippen LogP contribution in [-0.2, 0) is 0 Å². The molecular weight excluding hydrogens is 297 g/mol. The van der Waals surface area contributed by atoms with Crippen molar-refractivity contribution in [1.29, 1.82) is 0 Å². The van der Waals surface area contributed by atoms with E-state index < -0.39 is 22.6 Å². The van der Waals surface area contributed by atoms with E-state index in [0.29, 0.717) is 10.9 Å². The van der Waals surface area contributed by atoms with E-state index >= 15 is 0 Å². The highest BCUT2D eigenvalue weighted by molar-refractivity contribution is 8.14. The van der Waals surface area contributed by atoms with E-state index in [0.717, 1.165) is 5.56 Å². The lowest BCUT2D eigenvalue weighted by Crippen LogP contribution is -2.16. The quantitative estimate of drug-likeness (QED) is 0.832. The molecule has 0 aliphatic carbocycles. The molecule has 1 N–H and O–H groups in total. The fraction of sp³-hybridized carbons (Fsp3) is 0.167. The van der Waals surface area contributed by atoms with E-state index in [1.807, 2.05) is 0 Å². The molecule has 102 valence electrons. The Labute approximate surface area is 116 Å². The Morgan fingerprint density at radius 3 is 2.53 bits per heavy atom. The standard InChI is InChI=1S/C12H10ClF3N2S/c13-9-3-1-8(2-4-9)12-17-7-19(18-12)6-5-10(14)11(15)16/h1-4,7H,5-6H2,(H,17,18). The summed E-state index contributed by atoms with van der Waals surface area (Å²) in [7, 11) is -0.520. The van der Waals surface area contributed by atoms with Crippen molar-refractivity contribution in [1.82, 2.24) is 4.72 Å². The van der Waals surface area contributed by atoms with Crippen LogP contribution in [0.4, 0.5) is 13.2 Å². The van der Waals surface area contributed by atoms with Gasteiger partial charge in [-0.05, 0) is 24.3 Å². The molecule has 0 aromatic heterocycles. The third kappa shape index (κ3) is 3.84. The van der Waals surface area contributed by atoms with Crippen molar-refractivity contribution in [3.05, 3.63) is 46.8 Å². The average molecular weight is 307 g/mol. The van der Waals surface area contributed by atoms with Crippen LogP contribution in [0.25, 0.3) is 0 Å². The molecule has 1 aliphatic heterocycles. The first-order valence-electron chi connectivity index (χ1n) is 5.39. The molecule has 1 atom stereocenters. The summed E-state index contributed by atoms with van der Waals surface area (Å²) in [5, 5.41) is 0.621. The Kier molecular flexibility index (Phi) is 4.66. The van der Waals surface area contributed by atoms with Crippen LogP contribution >= 0.6 is 22.3 Å². The molecule has 1 unspecified atom stereocenters. The van der Waals surface area contributed by atoms with Gasteiger partial charge in [-0.15, -0.1) is 0 Å². The Morgan fingerprint density at radius 2 is 1.89 bits per heavy atom. The largest absolute Gasteiger partial charge is 0.318 e. The van der Waals surface area contributed by atoms with Crippen LogP contribution in [0.15, 0.2) is 41.2 Å². The lowest BCUT2D eigenvalue weighted by Gasteiger charge is -2.07. The Morgan fingerprint density at radius 1 is 1.21 bits per heavy atom. The first kappa shape index (κ1) is 14.1. The number of hydrogen-bond donors (Lipinski definition) is 1. The van der Waals surface area contributed by atoms with Gasteiger partial charge in [0.1, 0.15) is 5.84 Å². The predicted molar refractivity (Wildman–Crippen MR) is 74.6 cm³/mol. The van der Waals surface area contributed by atoms with Gasteiger partial charge in [-0.1, -0.05) is 22.3 Å². The number of rotatable bonds is 4. The third-order valence-electron chi connectivity index (χ3n) is 2.40. The Bertz CT molecular complexity index is 563. The molecule has 0 amide bonds. The minimum absolute atomic E-state index is 0.254. The van der Waals surface area contributed by atoms with Gasteiger partial charge in [-0.3, -0.25) is 0 Å². The first-order valence-corrected chi connectivity index (χ1v) is 7.23. The van der Waals surface area contributed by atoms with E-state index in [2.05, 4.69) is 9.71 Å². The Hall–Kier alpha value is -1.27. The summed E-state index contributed by atoms with van der Waals surface area (Å²) >= 11 is 5.78. The Balaban J connectivity index is 1.92. The first-order chi connectivity index (χ1) is 9.06. The molecule has 0 fully saturated rings. The highest BCUT2D eigenvalue weighted by atomic mass is 35.5. The second-order valence-corrected chi connectivity index (χ2v) is 5.86. The highest BCUT2D eigenvalue weighted by Gasteiger charge is 2.12. The second kappa shape index (κ2) is 6.25. The van der Waals surface area contributed by atoms with Crippen molar-refractivity contribution in [2.24, 2.45) is 4.99 Å². The van der Waals surface area contributed by atoms with Gasteiger partial charge in [-0.25, -0.2) is 9.38 Å². The predicted octanol–water partition coefficient (Wildman–Crippen LogP) is 4.10. The lowest BCUT2D eigenvalue weighted by atomic mass is 10.2. The maximum absolute atomic E-state index is 12.7. The smallest absolute Gasteiger partial charge is 0.301 e. The van der Waals surface area contributed by atoms with E-state index in [1.54, 1.807) is 29.8 Å². The van der Waals surface area contributed by atoms with E-state index in [4.69, 9.17) is 11.6 Å². The van der Waals surface area contributed by atoms with Crippen LogP contribution in [0.3, 0.4) is 0 Å². The summed E-state index contributed by atoms with van der Waals surface area (Å²) in [6.45, 7) is 0. The number of nitrogens with one attached hydrogen (secondary N) is 1. The molecule has 0 spiro atoms. The fourth-order valence-electron chi connectivity index (χ4n) is 1.43. The second-order valence-electron chi connectivity index (χ2n) is 3.74. The molecule has 2 nitrogen and oxygen atoms in total. The monoisotopic (exact) mass is 306 g/mol. The SMILES string of the molecule is FC(F)=C(F)CCS1=CN=C(c2ccc(Cl)cc2)N1. The maximum atomic E-state index is 12.7. The molecule has 1 heterocycles. The van der Waals surface area contributed by atoms with E-state index in [-0.39, 0.29) is 12.2 Å². The maximum Gasteiger partial charge on any atom is 0.301 e. The minimum atomic E-state index is -2.25. The molecule has 2 rings (SSSR count). The molecule has 0 radical (unpaired) electrons. The summed E-state index contributed by atoms with van der Waals surface area (Å²) in [5.74, 6) is -0.461. The number of nitrogens with zero attached hydrogens (tertiary/aromatic N) is 1. The molecule has 7 heteroatoms. The van der Waals surface area contributed by atoms with Crippen LogP contribution in [0.5, 0.6) is 0 Å². The summed E-state index contributed by atoms with van der Waals surface area (Å²) in [6.07, 6.45) is -2.54. The van der Waals surface area contributed by atoms with Crippen molar-refractivity contribution in [2.45, 2.75) is 6.42 Å². The van der Waals surface area contributed by atoms with Gasteiger partial charge in [-0.2, -0.15) is 8.78 Å². The molecule has 0 saturated heterocycles. The fourth-order valence-corrected chi connectivity index (χ4v) is 2.87. The van der Waals surface area contributed by atoms with Gasteiger partial charge in [0, 0.05) is 22.8 Å². The zero-order valence-electron chi connectivity index (χ0n) is 9.67. The van der Waals surface area contributed by atoms with Gasteiger partial charge in [0.25, 0.3) is 0 Å². The van der Waals surface area contributed by atoms with Crippen LogP contribution in [0.1, 0.15) is 12.0 Å². The zero-order chi connectivity index (χ0) is 13.8. The van der Waals surface area contributed by atoms with Gasteiger partial charge in [0.15, 0.2) is 5.83 Å². The van der Waals surface area contributed by atoms with Crippen molar-refractivity contribution >= 4 is 33.6 Å². The van der Waals surface area contributed by atoms with Crippen LogP contribution in [0.2, 0.25) is 5.02 Å². The van der Waals surface area contributed by atoms with Gasteiger partial charge < -0.3 is 4.72 Å². The summed E-state index contributed by atoms with van der Waals surface area (Å²) in [4.78, 5) is 4.16. The highest BCUT2D eigenvalue weighted by Crippen LogP contribution is 2.21. The number of allylic oxidation sites excluding steroid dienone is 1. The summed E-state index contributed by atoms with van der Waals surface area (Å²) < 4.78 is 39.6. The van der Waals surface area contributed by atoms with Crippen LogP contribution in [-0.4, -0.2) is 17.1 Å². The summed E-state index contributed by atoms with van der Waals surface area (Å²) in [5.41, 5.74) is 2.47. The topological polar surface area (TPSA) is 24.4 Å². The number of aliphatic imine (C=N–C) groups is 1. The van der Waals surface area contributed by atoms with Crippen molar-refractivity contribution < 1.29 is 13.2 Å². The molecule has 1 aromatic carbocycles. The number of halogens is 4. The zero-order valence-corrected chi connectivity index (χ0v) is 11.2. The normalized spacial score (nSPS) is 17.5. The number of amidine groups is 1. The minimum Gasteiger partial charge on any atom is -0.318 e.